The minimum atomic E-state index is -3.84. The number of benzene rings is 2. The van der Waals surface area contributed by atoms with Crippen molar-refractivity contribution in [3.8, 4) is 11.8 Å². The zero-order valence-corrected chi connectivity index (χ0v) is 21.8. The van der Waals surface area contributed by atoms with Crippen molar-refractivity contribution in [3.63, 3.8) is 0 Å². The average Bonchev–Trinajstić information content (AvgIpc) is 3.20. The fourth-order valence-corrected chi connectivity index (χ4v) is 5.27. The lowest BCUT2D eigenvalue weighted by molar-refractivity contribution is -0.131. The summed E-state index contributed by atoms with van der Waals surface area (Å²) in [6.07, 6.45) is 0.789. The predicted molar refractivity (Wildman–Crippen MR) is 137 cm³/mol. The number of morpholine rings is 1. The van der Waals surface area contributed by atoms with Crippen molar-refractivity contribution in [3.05, 3.63) is 70.3 Å². The number of sulfone groups is 1. The van der Waals surface area contributed by atoms with Crippen LogP contribution in [0.5, 0.6) is 0 Å². The van der Waals surface area contributed by atoms with Crippen molar-refractivity contribution < 1.29 is 28.0 Å². The molecule has 4 rings (SSSR count). The quantitative estimate of drug-likeness (QED) is 0.320. The van der Waals surface area contributed by atoms with Crippen LogP contribution in [0, 0.1) is 11.8 Å². The molecule has 1 saturated heterocycles. The van der Waals surface area contributed by atoms with E-state index in [-0.39, 0.29) is 18.9 Å². The summed E-state index contributed by atoms with van der Waals surface area (Å²) < 4.78 is 27.9. The highest BCUT2D eigenvalue weighted by molar-refractivity contribution is 7.92. The highest BCUT2D eigenvalue weighted by Gasteiger charge is 2.44. The van der Waals surface area contributed by atoms with Gasteiger partial charge in [0.05, 0.1) is 13.2 Å². The largest absolute Gasteiger partial charge is 0.379 e. The molecule has 2 heterocycles. The summed E-state index contributed by atoms with van der Waals surface area (Å²) in [5, 5.41) is 9.00. The van der Waals surface area contributed by atoms with Crippen LogP contribution in [0.2, 0.25) is 0 Å². The SMILES string of the molecule is C[C@@](CCN1Cc2cc(C#Cc3ccc(CN4CCOCC4)cc3)ccc2C1=O)(C(=O)NO)S(C)(=O)=O. The second-order valence-electron chi connectivity index (χ2n) is 9.63. The molecule has 1 fully saturated rings. The number of hydroxylamine groups is 1. The number of hydrogen-bond acceptors (Lipinski definition) is 7. The number of carbonyl (C=O) groups excluding carboxylic acids is 2. The number of rotatable bonds is 7. The van der Waals surface area contributed by atoms with Crippen molar-refractivity contribution in [2.24, 2.45) is 0 Å². The van der Waals surface area contributed by atoms with Crippen LogP contribution in [0.1, 0.15) is 46.0 Å². The molecule has 2 aliphatic heterocycles. The number of carbonyl (C=O) groups is 2. The number of amides is 2. The average molecular weight is 526 g/mol. The van der Waals surface area contributed by atoms with E-state index in [0.29, 0.717) is 12.1 Å². The van der Waals surface area contributed by atoms with E-state index in [0.717, 1.165) is 55.8 Å². The van der Waals surface area contributed by atoms with Gasteiger partial charge in [0.1, 0.15) is 0 Å². The van der Waals surface area contributed by atoms with Crippen LogP contribution >= 0.6 is 0 Å². The fourth-order valence-electron chi connectivity index (χ4n) is 4.43. The van der Waals surface area contributed by atoms with E-state index < -0.39 is 20.5 Å². The molecule has 10 heteroatoms. The maximum absolute atomic E-state index is 12.8. The smallest absolute Gasteiger partial charge is 0.264 e. The number of ether oxygens (including phenoxy) is 1. The van der Waals surface area contributed by atoms with Crippen LogP contribution < -0.4 is 5.48 Å². The van der Waals surface area contributed by atoms with E-state index in [9.17, 15) is 18.0 Å². The van der Waals surface area contributed by atoms with Crippen LogP contribution in [0.15, 0.2) is 42.5 Å². The molecule has 0 spiro atoms. The highest BCUT2D eigenvalue weighted by Crippen LogP contribution is 2.27. The van der Waals surface area contributed by atoms with Crippen LogP contribution in [0.3, 0.4) is 0 Å². The summed E-state index contributed by atoms with van der Waals surface area (Å²) in [4.78, 5) is 28.8. The summed E-state index contributed by atoms with van der Waals surface area (Å²) in [5.74, 6) is 5.07. The first-order valence-corrected chi connectivity index (χ1v) is 14.0. The van der Waals surface area contributed by atoms with Gasteiger partial charge in [-0.25, -0.2) is 13.9 Å². The van der Waals surface area contributed by atoms with E-state index >= 15 is 0 Å². The van der Waals surface area contributed by atoms with Crippen LogP contribution in [-0.4, -0.2) is 79.1 Å². The zero-order valence-electron chi connectivity index (χ0n) is 21.0. The molecule has 2 aromatic carbocycles. The Labute approximate surface area is 217 Å². The fraction of sp³-hybridized carbons (Fsp3) is 0.407. The lowest BCUT2D eigenvalue weighted by Crippen LogP contribution is -2.50. The number of fused-ring (bicyclic) bond motifs is 1. The Morgan fingerprint density at radius 2 is 1.76 bits per heavy atom. The predicted octanol–water partition coefficient (Wildman–Crippen LogP) is 1.57. The molecule has 1 atom stereocenters. The minimum Gasteiger partial charge on any atom is -0.379 e. The molecule has 0 aromatic heterocycles. The minimum absolute atomic E-state index is 0.0440. The second kappa shape index (κ2) is 11.0. The molecular formula is C27H31N3O6S. The van der Waals surface area contributed by atoms with Gasteiger partial charge in [0.2, 0.25) is 0 Å². The lowest BCUT2D eigenvalue weighted by Gasteiger charge is -2.27. The highest BCUT2D eigenvalue weighted by atomic mass is 32.2. The van der Waals surface area contributed by atoms with Gasteiger partial charge in [0.15, 0.2) is 14.6 Å². The van der Waals surface area contributed by atoms with Crippen LogP contribution in [0.25, 0.3) is 0 Å². The van der Waals surface area contributed by atoms with Crippen molar-refractivity contribution >= 4 is 21.7 Å². The molecule has 0 unspecified atom stereocenters. The monoisotopic (exact) mass is 525 g/mol. The van der Waals surface area contributed by atoms with Gasteiger partial charge < -0.3 is 9.64 Å². The van der Waals surface area contributed by atoms with Gasteiger partial charge >= 0.3 is 0 Å². The Bertz CT molecular complexity index is 1340. The maximum atomic E-state index is 12.8. The van der Waals surface area contributed by atoms with Crippen molar-refractivity contribution in [2.75, 3.05) is 39.1 Å². The first-order valence-electron chi connectivity index (χ1n) is 12.1. The second-order valence-corrected chi connectivity index (χ2v) is 12.1. The molecule has 196 valence electrons. The van der Waals surface area contributed by atoms with E-state index in [2.05, 4.69) is 28.9 Å². The normalized spacial score (nSPS) is 17.5. The van der Waals surface area contributed by atoms with Crippen molar-refractivity contribution in [1.29, 1.82) is 0 Å². The third-order valence-corrected chi connectivity index (χ3v) is 9.08. The third kappa shape index (κ3) is 6.02. The van der Waals surface area contributed by atoms with Crippen LogP contribution in [-0.2, 0) is 32.5 Å². The molecule has 0 aliphatic carbocycles. The van der Waals surface area contributed by atoms with E-state index in [1.807, 2.05) is 18.2 Å². The van der Waals surface area contributed by atoms with E-state index in [1.165, 1.54) is 22.9 Å². The van der Waals surface area contributed by atoms with Crippen molar-refractivity contribution in [2.45, 2.75) is 31.2 Å². The molecule has 2 amide bonds. The summed E-state index contributed by atoms with van der Waals surface area (Å²) in [7, 11) is -3.84. The summed E-state index contributed by atoms with van der Waals surface area (Å²) >= 11 is 0. The Balaban J connectivity index is 1.40. The lowest BCUT2D eigenvalue weighted by atomic mass is 10.1. The van der Waals surface area contributed by atoms with Gasteiger partial charge in [0.25, 0.3) is 11.8 Å². The number of hydrogen-bond donors (Lipinski definition) is 2. The molecule has 2 aromatic rings. The maximum Gasteiger partial charge on any atom is 0.264 e. The number of nitrogens with one attached hydrogen (secondary N) is 1. The third-order valence-electron chi connectivity index (χ3n) is 7.06. The summed E-state index contributed by atoms with van der Waals surface area (Å²) in [6, 6.07) is 13.6. The van der Waals surface area contributed by atoms with Gasteiger partial charge in [-0.2, -0.15) is 0 Å². The van der Waals surface area contributed by atoms with Crippen LogP contribution in [0.4, 0.5) is 0 Å². The molecule has 0 radical (unpaired) electrons. The van der Waals surface area contributed by atoms with E-state index in [1.54, 1.807) is 12.1 Å². The first-order chi connectivity index (χ1) is 17.6. The standard InChI is InChI=1S/C27H31N3O6S/c1-27(26(32)28-33,37(2,34)35)11-12-30-19-23-17-21(9-10-24(23)25(30)31)6-3-20-4-7-22(8-5-20)18-29-13-15-36-16-14-29/h4-5,7-10,17,33H,11-16,18-19H2,1-2H3,(H,28,32)/t27-/m1/s1. The topological polar surface area (TPSA) is 116 Å². The Morgan fingerprint density at radius 1 is 1.11 bits per heavy atom. The molecule has 37 heavy (non-hydrogen) atoms. The first kappa shape index (κ1) is 26.8. The summed E-state index contributed by atoms with van der Waals surface area (Å²) in [6.45, 7) is 5.89. The summed E-state index contributed by atoms with van der Waals surface area (Å²) in [5.41, 5.74) is 5.65. The molecule has 2 N–H and O–H groups in total. The molecule has 0 bridgehead atoms. The van der Waals surface area contributed by atoms with Gasteiger partial charge in [0, 0.05) is 55.7 Å². The zero-order chi connectivity index (χ0) is 26.6. The molecule has 2 aliphatic rings. The molecule has 9 nitrogen and oxygen atoms in total. The number of nitrogens with zero attached hydrogens (tertiary/aromatic N) is 2. The molecule has 0 saturated carbocycles. The Morgan fingerprint density at radius 3 is 2.41 bits per heavy atom. The Kier molecular flexibility index (Phi) is 7.99. The van der Waals surface area contributed by atoms with Crippen molar-refractivity contribution in [1.82, 2.24) is 15.3 Å². The van der Waals surface area contributed by atoms with Gasteiger partial charge in [-0.3, -0.25) is 19.7 Å². The van der Waals surface area contributed by atoms with E-state index in [4.69, 9.17) is 9.94 Å². The Hall–Kier alpha value is -3.23. The molecular weight excluding hydrogens is 494 g/mol. The van der Waals surface area contributed by atoms with Gasteiger partial charge in [-0.15, -0.1) is 0 Å². The van der Waals surface area contributed by atoms with Gasteiger partial charge in [-0.1, -0.05) is 24.0 Å². The van der Waals surface area contributed by atoms with Gasteiger partial charge in [-0.05, 0) is 54.8 Å².